The highest BCUT2D eigenvalue weighted by Crippen LogP contribution is 2.47. The maximum Gasteiger partial charge on any atom is 0.162 e. The summed E-state index contributed by atoms with van der Waals surface area (Å²) in [5.74, 6) is -0.769. The first-order chi connectivity index (χ1) is 12.6. The zero-order valence-electron chi connectivity index (χ0n) is 14.7. The Kier molecular flexibility index (Phi) is 4.06. The zero-order valence-corrected chi connectivity index (χ0v) is 15.6. The van der Waals surface area contributed by atoms with Crippen LogP contribution in [-0.2, 0) is 6.54 Å². The zero-order chi connectivity index (χ0) is 17.8. The molecule has 5 heterocycles. The Bertz CT molecular complexity index is 818. The van der Waals surface area contributed by atoms with Gasteiger partial charge in [-0.05, 0) is 50.4 Å². The minimum atomic E-state index is -0.742. The van der Waals surface area contributed by atoms with E-state index in [1.807, 2.05) is 6.92 Å². The number of likely N-dealkylation sites (tertiary alicyclic amines) is 1. The Balaban J connectivity index is 1.51. The van der Waals surface area contributed by atoms with Crippen LogP contribution < -0.4 is 0 Å². The first kappa shape index (κ1) is 16.7. The van der Waals surface area contributed by atoms with Crippen molar-refractivity contribution in [1.82, 2.24) is 20.0 Å². The number of piperidine rings is 3. The molecule has 0 aliphatic carbocycles. The van der Waals surface area contributed by atoms with Crippen LogP contribution in [0.2, 0.25) is 0 Å². The number of nitrogens with zero attached hydrogens (tertiary/aromatic N) is 4. The first-order valence-corrected chi connectivity index (χ1v) is 10.1. The van der Waals surface area contributed by atoms with Crippen LogP contribution in [0.3, 0.4) is 0 Å². The number of benzene rings is 1. The highest BCUT2D eigenvalue weighted by Gasteiger charge is 2.53. The number of aryl methyl sites for hydroxylation is 1. The van der Waals surface area contributed by atoms with E-state index in [0.29, 0.717) is 17.5 Å². The van der Waals surface area contributed by atoms with Gasteiger partial charge in [0.15, 0.2) is 11.6 Å². The molecule has 0 unspecified atom stereocenters. The van der Waals surface area contributed by atoms with Gasteiger partial charge in [0.2, 0.25) is 0 Å². The lowest BCUT2D eigenvalue weighted by atomic mass is 9.75. The molecule has 4 fully saturated rings. The van der Waals surface area contributed by atoms with Gasteiger partial charge >= 0.3 is 0 Å². The predicted molar refractivity (Wildman–Crippen MR) is 96.0 cm³/mol. The molecule has 0 amide bonds. The van der Waals surface area contributed by atoms with Crippen LogP contribution in [0.4, 0.5) is 8.78 Å². The molecule has 4 nitrogen and oxygen atoms in total. The minimum absolute atomic E-state index is 0.00724. The molecule has 4 saturated heterocycles. The average Bonchev–Trinajstić information content (AvgIpc) is 3.24. The maximum atomic E-state index is 14.6. The standard InChI is InChI=1S/C19H22F2N4S/c1-11-22-23-16(26-11)10-25-9-14(13-3-2-4-15(20)17(13)21)19-18(25)12-5-7-24(19)8-6-12/h2-4,12,14,18-19H,5-10H2,1H3/t14-,18+,19+/m0/s1. The summed E-state index contributed by atoms with van der Waals surface area (Å²) in [6, 6.07) is 5.28. The van der Waals surface area contributed by atoms with E-state index in [1.165, 1.54) is 18.9 Å². The summed E-state index contributed by atoms with van der Waals surface area (Å²) in [6.45, 7) is 5.62. The average molecular weight is 376 g/mol. The smallest absolute Gasteiger partial charge is 0.162 e. The summed E-state index contributed by atoms with van der Waals surface area (Å²) >= 11 is 1.63. The predicted octanol–water partition coefficient (Wildman–Crippen LogP) is 3.19. The fourth-order valence-electron chi connectivity index (χ4n) is 5.38. The van der Waals surface area contributed by atoms with Crippen LogP contribution in [0.25, 0.3) is 0 Å². The Hall–Kier alpha value is -1.44. The lowest BCUT2D eigenvalue weighted by Gasteiger charge is -2.51. The molecule has 7 heteroatoms. The van der Waals surface area contributed by atoms with Crippen molar-refractivity contribution in [1.29, 1.82) is 0 Å². The highest BCUT2D eigenvalue weighted by atomic mass is 32.1. The second-order valence-corrected chi connectivity index (χ2v) is 9.01. The topological polar surface area (TPSA) is 32.3 Å². The van der Waals surface area contributed by atoms with E-state index in [9.17, 15) is 8.78 Å². The fraction of sp³-hybridized carbons (Fsp3) is 0.579. The van der Waals surface area contributed by atoms with Gasteiger partial charge in [-0.3, -0.25) is 9.80 Å². The van der Waals surface area contributed by atoms with Gasteiger partial charge in [-0.25, -0.2) is 8.78 Å². The largest absolute Gasteiger partial charge is 0.298 e. The molecule has 0 N–H and O–H groups in total. The van der Waals surface area contributed by atoms with Crippen LogP contribution in [0.15, 0.2) is 18.2 Å². The SMILES string of the molecule is Cc1nnc(CN2C[C@@H](c3cccc(F)c3F)[C@@H]3[C@H]2C2CCN3CC2)s1. The van der Waals surface area contributed by atoms with Crippen LogP contribution >= 0.6 is 11.3 Å². The van der Waals surface area contributed by atoms with E-state index in [-0.39, 0.29) is 12.0 Å². The van der Waals surface area contributed by atoms with Crippen molar-refractivity contribution in [2.24, 2.45) is 5.92 Å². The number of rotatable bonds is 3. The van der Waals surface area contributed by atoms with Gasteiger partial charge in [-0.15, -0.1) is 21.5 Å². The third-order valence-corrected chi connectivity index (χ3v) is 7.20. The van der Waals surface area contributed by atoms with E-state index in [2.05, 4.69) is 20.0 Å². The number of hydrogen-bond donors (Lipinski definition) is 0. The van der Waals surface area contributed by atoms with Crippen LogP contribution in [0.1, 0.15) is 34.3 Å². The van der Waals surface area contributed by atoms with E-state index < -0.39 is 11.6 Å². The first-order valence-electron chi connectivity index (χ1n) is 9.33. The normalized spacial score (nSPS) is 33.6. The molecule has 4 aliphatic heterocycles. The molecule has 6 rings (SSSR count). The van der Waals surface area contributed by atoms with Crippen molar-refractivity contribution in [2.75, 3.05) is 19.6 Å². The molecule has 2 aromatic rings. The lowest BCUT2D eigenvalue weighted by Crippen LogP contribution is -2.60. The molecule has 138 valence electrons. The Morgan fingerprint density at radius 3 is 2.69 bits per heavy atom. The quantitative estimate of drug-likeness (QED) is 0.824. The van der Waals surface area contributed by atoms with E-state index >= 15 is 0 Å². The van der Waals surface area contributed by atoms with Crippen molar-refractivity contribution < 1.29 is 8.78 Å². The molecular weight excluding hydrogens is 354 g/mol. The van der Waals surface area contributed by atoms with Gasteiger partial charge in [0.25, 0.3) is 0 Å². The maximum absolute atomic E-state index is 14.6. The van der Waals surface area contributed by atoms with E-state index in [0.717, 1.165) is 36.2 Å². The van der Waals surface area contributed by atoms with Gasteiger partial charge in [0, 0.05) is 24.5 Å². The summed E-state index contributed by atoms with van der Waals surface area (Å²) in [4.78, 5) is 4.96. The summed E-state index contributed by atoms with van der Waals surface area (Å²) in [5, 5.41) is 10.4. The lowest BCUT2D eigenvalue weighted by molar-refractivity contribution is -0.00893. The van der Waals surface area contributed by atoms with Crippen LogP contribution in [-0.4, -0.2) is 51.7 Å². The molecular formula is C19H22F2N4S. The Morgan fingerprint density at radius 1 is 1.15 bits per heavy atom. The molecule has 26 heavy (non-hydrogen) atoms. The minimum Gasteiger partial charge on any atom is -0.298 e. The molecule has 0 saturated carbocycles. The molecule has 3 atom stereocenters. The summed E-state index contributed by atoms with van der Waals surface area (Å²) in [5.41, 5.74) is 0.531. The van der Waals surface area contributed by atoms with Gasteiger partial charge in [-0.2, -0.15) is 0 Å². The fourth-order valence-corrected chi connectivity index (χ4v) is 6.11. The molecule has 4 aliphatic rings. The van der Waals surface area contributed by atoms with Crippen LogP contribution in [0, 0.1) is 24.5 Å². The van der Waals surface area contributed by atoms with E-state index in [1.54, 1.807) is 23.5 Å². The molecule has 1 aromatic heterocycles. The van der Waals surface area contributed by atoms with E-state index in [4.69, 9.17) is 0 Å². The third kappa shape index (κ3) is 2.60. The number of fused-ring (bicyclic) bond motifs is 2. The van der Waals surface area contributed by atoms with Crippen molar-refractivity contribution in [3.8, 4) is 0 Å². The monoisotopic (exact) mass is 376 g/mol. The van der Waals surface area contributed by atoms with Gasteiger partial charge in [0.1, 0.15) is 10.0 Å². The summed E-state index contributed by atoms with van der Waals surface area (Å²) in [7, 11) is 0. The van der Waals surface area contributed by atoms with Crippen LogP contribution in [0.5, 0.6) is 0 Å². The molecule has 0 radical (unpaired) electrons. The van der Waals surface area contributed by atoms with Crippen molar-refractivity contribution in [3.63, 3.8) is 0 Å². The summed E-state index contributed by atoms with van der Waals surface area (Å²) in [6.07, 6.45) is 2.40. The number of hydrogen-bond acceptors (Lipinski definition) is 5. The second kappa shape index (κ2) is 6.32. The van der Waals surface area contributed by atoms with Crippen molar-refractivity contribution in [2.45, 2.75) is 44.3 Å². The Morgan fingerprint density at radius 2 is 1.96 bits per heavy atom. The van der Waals surface area contributed by atoms with Gasteiger partial charge in [-0.1, -0.05) is 12.1 Å². The Labute approximate surface area is 155 Å². The number of aromatic nitrogens is 2. The van der Waals surface area contributed by atoms with Gasteiger partial charge in [0.05, 0.1) is 6.54 Å². The molecule has 1 aromatic carbocycles. The van der Waals surface area contributed by atoms with Crippen molar-refractivity contribution >= 4 is 11.3 Å². The molecule has 2 bridgehead atoms. The molecule has 0 spiro atoms. The highest BCUT2D eigenvalue weighted by molar-refractivity contribution is 7.11. The third-order valence-electron chi connectivity index (χ3n) is 6.38. The van der Waals surface area contributed by atoms with Gasteiger partial charge < -0.3 is 0 Å². The second-order valence-electron chi connectivity index (χ2n) is 7.75. The van der Waals surface area contributed by atoms with Crippen molar-refractivity contribution in [3.05, 3.63) is 45.4 Å². The summed E-state index contributed by atoms with van der Waals surface area (Å²) < 4.78 is 28.5. The number of halogens is 2.